The van der Waals surface area contributed by atoms with Crippen LogP contribution >= 0.6 is 22.3 Å². The Labute approximate surface area is 95.2 Å². The molecule has 0 fully saturated rings. The second kappa shape index (κ2) is 4.08. The van der Waals surface area contributed by atoms with Gasteiger partial charge >= 0.3 is 0 Å². The van der Waals surface area contributed by atoms with Crippen molar-refractivity contribution in [2.45, 2.75) is 11.8 Å². The molecule has 0 aliphatic heterocycles. The summed E-state index contributed by atoms with van der Waals surface area (Å²) in [5, 5.41) is -0.949. The Balaban J connectivity index is 3.59. The molecule has 0 radical (unpaired) electrons. The van der Waals surface area contributed by atoms with Crippen LogP contribution in [0, 0.1) is 12.7 Å². The number of carbonyl (C=O) groups excluding carboxylic acids is 1. The molecule has 0 saturated carbocycles. The van der Waals surface area contributed by atoms with Crippen LogP contribution in [-0.4, -0.2) is 13.7 Å². The van der Waals surface area contributed by atoms with Crippen molar-refractivity contribution in [3.05, 3.63) is 29.1 Å². The molecule has 1 aromatic carbocycles. The molecule has 0 aliphatic rings. The maximum absolute atomic E-state index is 13.2. The second-order valence-corrected chi connectivity index (χ2v) is 5.67. The molecule has 0 amide bonds. The summed E-state index contributed by atoms with van der Waals surface area (Å²) in [7, 11) is 0.973. The van der Waals surface area contributed by atoms with Gasteiger partial charge in [-0.15, -0.1) is 0 Å². The maximum atomic E-state index is 13.2. The van der Waals surface area contributed by atoms with Gasteiger partial charge in [0.05, 0.1) is 4.90 Å². The highest BCUT2D eigenvalue weighted by Gasteiger charge is 2.19. The van der Waals surface area contributed by atoms with Gasteiger partial charge in [0.1, 0.15) is 5.82 Å². The van der Waals surface area contributed by atoms with Gasteiger partial charge in [0.15, 0.2) is 0 Å². The average Bonchev–Trinajstić information content (AvgIpc) is 2.06. The quantitative estimate of drug-likeness (QED) is 0.776. The van der Waals surface area contributed by atoms with Crippen molar-refractivity contribution in [2.75, 3.05) is 0 Å². The summed E-state index contributed by atoms with van der Waals surface area (Å²) < 4.78 is 35.2. The number of halogens is 3. The Hall–Kier alpha value is -0.650. The fraction of sp³-hybridized carbons (Fsp3) is 0.125. The third-order valence-corrected chi connectivity index (χ3v) is 3.45. The van der Waals surface area contributed by atoms with E-state index in [4.69, 9.17) is 22.3 Å². The lowest BCUT2D eigenvalue weighted by atomic mass is 10.1. The van der Waals surface area contributed by atoms with Crippen molar-refractivity contribution >= 4 is 36.6 Å². The molecule has 0 bridgehead atoms. The molecule has 15 heavy (non-hydrogen) atoms. The van der Waals surface area contributed by atoms with E-state index in [2.05, 4.69) is 0 Å². The molecular weight excluding hydrogens is 266 g/mol. The fourth-order valence-electron chi connectivity index (χ4n) is 1.02. The first kappa shape index (κ1) is 12.4. The van der Waals surface area contributed by atoms with Crippen LogP contribution in [0.25, 0.3) is 0 Å². The van der Waals surface area contributed by atoms with Crippen molar-refractivity contribution in [3.63, 3.8) is 0 Å². The van der Waals surface area contributed by atoms with Gasteiger partial charge in [-0.3, -0.25) is 4.79 Å². The molecule has 0 atom stereocenters. The van der Waals surface area contributed by atoms with Crippen LogP contribution in [0.1, 0.15) is 15.9 Å². The minimum Gasteiger partial charge on any atom is -0.276 e. The van der Waals surface area contributed by atoms with E-state index in [1.165, 1.54) is 6.92 Å². The van der Waals surface area contributed by atoms with Gasteiger partial charge in [-0.1, -0.05) is 0 Å². The van der Waals surface area contributed by atoms with Crippen molar-refractivity contribution in [3.8, 4) is 0 Å². The van der Waals surface area contributed by atoms with E-state index in [1.54, 1.807) is 0 Å². The van der Waals surface area contributed by atoms with E-state index in [-0.39, 0.29) is 11.1 Å². The molecule has 3 nitrogen and oxygen atoms in total. The topological polar surface area (TPSA) is 51.2 Å². The number of hydrogen-bond acceptors (Lipinski definition) is 3. The molecule has 1 rings (SSSR count). The highest BCUT2D eigenvalue weighted by Crippen LogP contribution is 2.24. The van der Waals surface area contributed by atoms with Gasteiger partial charge in [-0.05, 0) is 30.7 Å². The van der Waals surface area contributed by atoms with E-state index in [9.17, 15) is 17.6 Å². The lowest BCUT2D eigenvalue weighted by molar-refractivity contribution is 0.108. The fourth-order valence-corrected chi connectivity index (χ4v) is 2.34. The first-order chi connectivity index (χ1) is 6.73. The van der Waals surface area contributed by atoms with Gasteiger partial charge < -0.3 is 0 Å². The standard InChI is InChI=1S/C8H5Cl2FO3S/c1-4-6(11)2-5(8(9)12)3-7(4)15(10,13)14/h2-3H,1H3. The Morgan fingerprint density at radius 1 is 1.40 bits per heavy atom. The van der Waals surface area contributed by atoms with Crippen LogP contribution in [0.2, 0.25) is 0 Å². The molecular formula is C8H5Cl2FO3S. The number of carbonyl (C=O) groups is 1. The highest BCUT2D eigenvalue weighted by molar-refractivity contribution is 8.13. The van der Waals surface area contributed by atoms with Crippen molar-refractivity contribution in [1.82, 2.24) is 0 Å². The number of benzene rings is 1. The SMILES string of the molecule is Cc1c(F)cc(C(=O)Cl)cc1S(=O)(=O)Cl. The zero-order valence-electron chi connectivity index (χ0n) is 7.42. The molecule has 0 N–H and O–H groups in total. The van der Waals surface area contributed by atoms with Crippen molar-refractivity contribution in [2.24, 2.45) is 0 Å². The maximum Gasteiger partial charge on any atom is 0.261 e. The van der Waals surface area contributed by atoms with Crippen LogP contribution < -0.4 is 0 Å². The molecule has 82 valence electrons. The zero-order valence-corrected chi connectivity index (χ0v) is 9.75. The minimum absolute atomic E-state index is 0.147. The number of hydrogen-bond donors (Lipinski definition) is 0. The van der Waals surface area contributed by atoms with E-state index in [1.807, 2.05) is 0 Å². The minimum atomic E-state index is -4.09. The summed E-state index contributed by atoms with van der Waals surface area (Å²) in [4.78, 5) is 10.3. The van der Waals surface area contributed by atoms with Gasteiger partial charge in [0, 0.05) is 21.8 Å². The molecule has 0 spiro atoms. The lowest BCUT2D eigenvalue weighted by Crippen LogP contribution is -2.01. The predicted octanol–water partition coefficient (Wildman–Crippen LogP) is 2.44. The van der Waals surface area contributed by atoms with Crippen LogP contribution in [0.15, 0.2) is 17.0 Å². The highest BCUT2D eigenvalue weighted by atomic mass is 35.7. The summed E-state index contributed by atoms with van der Waals surface area (Å²) in [6.45, 7) is 1.24. The van der Waals surface area contributed by atoms with E-state index >= 15 is 0 Å². The molecule has 0 heterocycles. The van der Waals surface area contributed by atoms with Gasteiger partial charge in [-0.2, -0.15) is 0 Å². The first-order valence-corrected chi connectivity index (χ1v) is 6.37. The van der Waals surface area contributed by atoms with Crippen LogP contribution in [-0.2, 0) is 9.05 Å². The Morgan fingerprint density at radius 3 is 2.33 bits per heavy atom. The average molecular weight is 271 g/mol. The molecule has 0 aromatic heterocycles. The van der Waals surface area contributed by atoms with Crippen LogP contribution in [0.5, 0.6) is 0 Å². The van der Waals surface area contributed by atoms with Gasteiger partial charge in [0.25, 0.3) is 14.3 Å². The third kappa shape index (κ3) is 2.68. The summed E-state index contributed by atoms with van der Waals surface area (Å²) >= 11 is 5.11. The van der Waals surface area contributed by atoms with Crippen LogP contribution in [0.3, 0.4) is 0 Å². The Kier molecular flexibility index (Phi) is 3.38. The summed E-state index contributed by atoms with van der Waals surface area (Å²) in [5.41, 5.74) is -0.398. The van der Waals surface area contributed by atoms with Crippen molar-refractivity contribution < 1.29 is 17.6 Å². The van der Waals surface area contributed by atoms with Crippen molar-refractivity contribution in [1.29, 1.82) is 0 Å². The van der Waals surface area contributed by atoms with E-state index < -0.39 is 25.0 Å². The first-order valence-electron chi connectivity index (χ1n) is 3.68. The zero-order chi connectivity index (χ0) is 11.8. The normalized spacial score (nSPS) is 11.5. The lowest BCUT2D eigenvalue weighted by Gasteiger charge is -2.04. The Bertz CT molecular complexity index is 525. The van der Waals surface area contributed by atoms with Crippen LogP contribution in [0.4, 0.5) is 4.39 Å². The molecule has 1 aromatic rings. The largest absolute Gasteiger partial charge is 0.276 e. The summed E-state index contributed by atoms with van der Waals surface area (Å²) in [6, 6.07) is 1.80. The number of rotatable bonds is 2. The third-order valence-electron chi connectivity index (χ3n) is 1.79. The molecule has 7 heteroatoms. The summed E-state index contributed by atoms with van der Waals surface area (Å²) in [5.74, 6) is -0.847. The molecule has 0 saturated heterocycles. The predicted molar refractivity (Wildman–Crippen MR) is 54.4 cm³/mol. The molecule has 0 aliphatic carbocycles. The second-order valence-electron chi connectivity index (χ2n) is 2.79. The molecule has 0 unspecified atom stereocenters. The van der Waals surface area contributed by atoms with Gasteiger partial charge in [0.2, 0.25) is 0 Å². The monoisotopic (exact) mass is 270 g/mol. The Morgan fingerprint density at radius 2 is 1.93 bits per heavy atom. The van der Waals surface area contributed by atoms with Gasteiger partial charge in [-0.25, -0.2) is 12.8 Å². The summed E-state index contributed by atoms with van der Waals surface area (Å²) in [6.07, 6.45) is 0. The van der Waals surface area contributed by atoms with E-state index in [0.717, 1.165) is 12.1 Å². The van der Waals surface area contributed by atoms with E-state index in [0.29, 0.717) is 0 Å². The smallest absolute Gasteiger partial charge is 0.261 e.